The fourth-order valence-electron chi connectivity index (χ4n) is 2.19. The van der Waals surface area contributed by atoms with Crippen LogP contribution >= 0.6 is 0 Å². The van der Waals surface area contributed by atoms with E-state index < -0.39 is 15.4 Å². The maximum Gasteiger partial charge on any atom is 0.190 e. The first-order chi connectivity index (χ1) is 9.70. The van der Waals surface area contributed by atoms with Crippen LogP contribution in [0.4, 0.5) is 4.39 Å². The highest BCUT2D eigenvalue weighted by Crippen LogP contribution is 2.29. The lowest BCUT2D eigenvalue weighted by Crippen LogP contribution is -2.50. The zero-order valence-electron chi connectivity index (χ0n) is 12.6. The van der Waals surface area contributed by atoms with E-state index in [2.05, 4.69) is 13.8 Å². The highest BCUT2D eigenvalue weighted by Gasteiger charge is 2.40. The highest BCUT2D eigenvalue weighted by molar-refractivity contribution is 7.91. The average Bonchev–Trinajstić information content (AvgIpc) is 2.33. The van der Waals surface area contributed by atoms with E-state index in [0.29, 0.717) is 16.6 Å². The van der Waals surface area contributed by atoms with Gasteiger partial charge in [-0.05, 0) is 30.0 Å². The molecule has 6 heteroatoms. The number of benzene rings is 1. The second-order valence-electron chi connectivity index (χ2n) is 6.16. The van der Waals surface area contributed by atoms with Crippen molar-refractivity contribution in [2.24, 2.45) is 5.92 Å². The summed E-state index contributed by atoms with van der Waals surface area (Å²) in [5, 5.41) is 0. The summed E-state index contributed by atoms with van der Waals surface area (Å²) in [7, 11) is -2.93. The molecule has 0 spiro atoms. The minimum Gasteiger partial charge on any atom is -0.489 e. The summed E-state index contributed by atoms with van der Waals surface area (Å²) in [4.78, 5) is 0.337. The molecule has 0 radical (unpaired) electrons. The van der Waals surface area contributed by atoms with Gasteiger partial charge in [-0.1, -0.05) is 19.9 Å². The van der Waals surface area contributed by atoms with Crippen molar-refractivity contribution in [3.05, 3.63) is 23.8 Å². The van der Waals surface area contributed by atoms with Gasteiger partial charge in [0.2, 0.25) is 0 Å². The van der Waals surface area contributed by atoms with Crippen molar-refractivity contribution < 1.29 is 18.1 Å². The summed E-state index contributed by atoms with van der Waals surface area (Å²) >= 11 is 0. The van der Waals surface area contributed by atoms with Crippen LogP contribution in [-0.4, -0.2) is 36.0 Å². The van der Waals surface area contributed by atoms with Crippen molar-refractivity contribution in [2.45, 2.75) is 30.8 Å². The van der Waals surface area contributed by atoms with E-state index in [1.165, 1.54) is 6.26 Å². The zero-order valence-corrected chi connectivity index (χ0v) is 13.5. The molecular weight excluding hydrogens is 293 g/mol. The third-order valence-electron chi connectivity index (χ3n) is 3.28. The molecule has 0 saturated carbocycles. The summed E-state index contributed by atoms with van der Waals surface area (Å²) in [6, 6.07) is 5.31. The molecule has 0 aromatic heterocycles. The van der Waals surface area contributed by atoms with Crippen molar-refractivity contribution >= 4 is 9.73 Å². The molecule has 118 valence electrons. The molecule has 0 aliphatic carbocycles. The Kier molecular flexibility index (Phi) is 4.58. The Hall–Kier alpha value is -1.14. The molecule has 0 bridgehead atoms. The normalized spacial score (nSPS) is 19.9. The molecule has 1 saturated heterocycles. The van der Waals surface area contributed by atoms with Crippen molar-refractivity contribution in [3.63, 3.8) is 0 Å². The maximum absolute atomic E-state index is 13.9. The van der Waals surface area contributed by atoms with Crippen LogP contribution in [0.15, 0.2) is 23.1 Å². The van der Waals surface area contributed by atoms with Crippen molar-refractivity contribution in [1.29, 1.82) is 4.78 Å². The minimum atomic E-state index is -2.93. The van der Waals surface area contributed by atoms with E-state index in [-0.39, 0.29) is 19.8 Å². The zero-order chi connectivity index (χ0) is 15.7. The maximum atomic E-state index is 13.9. The van der Waals surface area contributed by atoms with Gasteiger partial charge in [0.05, 0.1) is 27.8 Å². The first kappa shape index (κ1) is 16.2. The van der Waals surface area contributed by atoms with Gasteiger partial charge in [0.25, 0.3) is 0 Å². The predicted molar refractivity (Wildman–Crippen MR) is 80.2 cm³/mol. The summed E-state index contributed by atoms with van der Waals surface area (Å²) in [6.07, 6.45) is 2.19. The number of alkyl halides is 1. The van der Waals surface area contributed by atoms with Gasteiger partial charge >= 0.3 is 0 Å². The topological polar surface area (TPSA) is 59.4 Å². The van der Waals surface area contributed by atoms with E-state index in [1.807, 2.05) is 6.07 Å². The average molecular weight is 315 g/mol. The van der Waals surface area contributed by atoms with Crippen LogP contribution in [0.2, 0.25) is 0 Å². The smallest absolute Gasteiger partial charge is 0.190 e. The molecular formula is C15H22FNO3S. The molecule has 0 amide bonds. The van der Waals surface area contributed by atoms with E-state index in [0.717, 1.165) is 12.0 Å². The van der Waals surface area contributed by atoms with Gasteiger partial charge in [-0.3, -0.25) is 0 Å². The molecule has 1 aromatic rings. The number of hydrogen-bond donors (Lipinski definition) is 1. The van der Waals surface area contributed by atoms with Crippen molar-refractivity contribution in [3.8, 4) is 5.75 Å². The van der Waals surface area contributed by atoms with Crippen LogP contribution < -0.4 is 4.74 Å². The molecule has 1 unspecified atom stereocenters. The Morgan fingerprint density at radius 3 is 2.62 bits per heavy atom. The second kappa shape index (κ2) is 5.93. The Bertz CT molecular complexity index is 609. The van der Waals surface area contributed by atoms with Gasteiger partial charge in [-0.25, -0.2) is 13.4 Å². The highest BCUT2D eigenvalue weighted by atomic mass is 32.2. The van der Waals surface area contributed by atoms with Crippen LogP contribution in [0.5, 0.6) is 5.75 Å². The largest absolute Gasteiger partial charge is 0.489 e. The lowest BCUT2D eigenvalue weighted by Gasteiger charge is -2.33. The van der Waals surface area contributed by atoms with Gasteiger partial charge in [0.1, 0.15) is 12.4 Å². The third-order valence-corrected chi connectivity index (χ3v) is 4.44. The Morgan fingerprint density at radius 2 is 2.14 bits per heavy atom. The minimum absolute atomic E-state index is 0.0239. The summed E-state index contributed by atoms with van der Waals surface area (Å²) in [5.74, 6) is 0.790. The van der Waals surface area contributed by atoms with Crippen LogP contribution in [0.1, 0.15) is 19.4 Å². The van der Waals surface area contributed by atoms with E-state index in [4.69, 9.17) is 14.3 Å². The predicted octanol–water partition coefficient (Wildman–Crippen LogP) is 3.04. The van der Waals surface area contributed by atoms with Crippen LogP contribution in [-0.2, 0) is 20.9 Å². The molecule has 1 N–H and O–H groups in total. The van der Waals surface area contributed by atoms with Gasteiger partial charge in [-0.15, -0.1) is 0 Å². The number of nitrogens with one attached hydrogen (secondary N) is 1. The monoisotopic (exact) mass is 315 g/mol. The molecule has 1 aliphatic rings. The third kappa shape index (κ3) is 4.17. The molecule has 21 heavy (non-hydrogen) atoms. The van der Waals surface area contributed by atoms with Crippen LogP contribution in [0.3, 0.4) is 0 Å². The Labute approximate surface area is 125 Å². The fraction of sp³-hybridized carbons (Fsp3) is 0.600. The number of ether oxygens (including phenoxy) is 2. The molecule has 1 atom stereocenters. The first-order valence-corrected chi connectivity index (χ1v) is 8.92. The number of halogens is 1. The summed E-state index contributed by atoms with van der Waals surface area (Å²) in [5.41, 5.74) is -0.457. The van der Waals surface area contributed by atoms with E-state index in [1.54, 1.807) is 12.1 Å². The van der Waals surface area contributed by atoms with Crippen molar-refractivity contribution in [2.75, 3.05) is 26.1 Å². The number of hydrogen-bond acceptors (Lipinski definition) is 4. The quantitative estimate of drug-likeness (QED) is 0.878. The SMILES string of the molecule is CC(C)Cc1ccc(OCC2(F)COC2)c(S(C)(=N)=O)c1. The molecule has 1 fully saturated rings. The summed E-state index contributed by atoms with van der Waals surface area (Å²) < 4.78 is 44.2. The van der Waals surface area contributed by atoms with Crippen LogP contribution in [0, 0.1) is 10.7 Å². The van der Waals surface area contributed by atoms with Gasteiger partial charge in [0, 0.05) is 6.26 Å². The van der Waals surface area contributed by atoms with Gasteiger partial charge < -0.3 is 9.47 Å². The lowest BCUT2D eigenvalue weighted by molar-refractivity contribution is -0.146. The number of rotatable bonds is 6. The summed E-state index contributed by atoms with van der Waals surface area (Å²) in [6.45, 7) is 4.10. The Balaban J connectivity index is 2.23. The van der Waals surface area contributed by atoms with Crippen molar-refractivity contribution in [1.82, 2.24) is 0 Å². The standard InChI is InChI=1S/C15H22FNO3S/c1-11(2)6-12-4-5-13(14(7-12)21(3,17)18)20-10-15(16)8-19-9-15/h4-5,7,11,17H,6,8-10H2,1-3H3. The second-order valence-corrected chi connectivity index (χ2v) is 8.28. The van der Waals surface area contributed by atoms with Crippen LogP contribution in [0.25, 0.3) is 0 Å². The lowest BCUT2D eigenvalue weighted by atomic mass is 10.0. The Morgan fingerprint density at radius 1 is 1.48 bits per heavy atom. The van der Waals surface area contributed by atoms with Gasteiger partial charge in [0.15, 0.2) is 5.67 Å². The van der Waals surface area contributed by atoms with E-state index >= 15 is 0 Å². The molecule has 2 rings (SSSR count). The molecule has 1 aromatic carbocycles. The molecule has 1 aliphatic heterocycles. The molecule has 1 heterocycles. The first-order valence-electron chi connectivity index (χ1n) is 6.96. The van der Waals surface area contributed by atoms with Gasteiger partial charge in [-0.2, -0.15) is 0 Å². The fourth-order valence-corrected chi connectivity index (χ4v) is 3.08. The van der Waals surface area contributed by atoms with E-state index in [9.17, 15) is 8.60 Å². The molecule has 4 nitrogen and oxygen atoms in total.